The predicted molar refractivity (Wildman–Crippen MR) is 120 cm³/mol. The van der Waals surface area contributed by atoms with Gasteiger partial charge in [-0.15, -0.1) is 5.10 Å². The first-order valence-corrected chi connectivity index (χ1v) is 10.1. The van der Waals surface area contributed by atoms with E-state index in [-0.39, 0.29) is 11.7 Å². The van der Waals surface area contributed by atoms with Crippen LogP contribution in [0.4, 0.5) is 5.69 Å². The van der Waals surface area contributed by atoms with Crippen molar-refractivity contribution in [1.82, 2.24) is 14.8 Å². The lowest BCUT2D eigenvalue weighted by Gasteiger charge is -2.07. The number of nitrogens with one attached hydrogen (secondary N) is 1. The number of hydrogen-bond donors (Lipinski definition) is 1. The number of aryl methyl sites for hydroxylation is 1. The molecule has 1 heterocycles. The van der Waals surface area contributed by atoms with E-state index < -0.39 is 0 Å². The Balaban J connectivity index is 1.73. The van der Waals surface area contributed by atoms with Crippen molar-refractivity contribution >= 4 is 27.5 Å². The molecule has 150 valence electrons. The van der Waals surface area contributed by atoms with Gasteiger partial charge in [-0.1, -0.05) is 45.8 Å². The van der Waals surface area contributed by atoms with Crippen LogP contribution in [0.2, 0.25) is 0 Å². The summed E-state index contributed by atoms with van der Waals surface area (Å²) in [5.41, 5.74) is 3.46. The zero-order valence-electron chi connectivity index (χ0n) is 16.5. The van der Waals surface area contributed by atoms with E-state index in [9.17, 15) is 4.79 Å². The Hall–Kier alpha value is -3.45. The fourth-order valence-electron chi connectivity index (χ4n) is 2.92. The van der Waals surface area contributed by atoms with E-state index in [1.165, 1.54) is 0 Å². The predicted octanol–water partition coefficient (Wildman–Crippen LogP) is 5.27. The topological polar surface area (TPSA) is 69.0 Å². The van der Waals surface area contributed by atoms with Gasteiger partial charge in [-0.2, -0.15) is 0 Å². The number of nitrogens with zero attached hydrogens (tertiary/aromatic N) is 3. The molecular weight excluding hydrogens is 444 g/mol. The summed E-state index contributed by atoms with van der Waals surface area (Å²) in [5, 5.41) is 7.33. The van der Waals surface area contributed by atoms with Crippen LogP contribution in [0.3, 0.4) is 0 Å². The SMILES string of the molecule is COc1ccc(-n2nc(C(=O)Nc3ccc(Br)cc3)nc2-c2ccc(C)cc2)cc1. The van der Waals surface area contributed by atoms with Crippen LogP contribution in [0.1, 0.15) is 16.2 Å². The van der Waals surface area contributed by atoms with Gasteiger partial charge in [0.2, 0.25) is 5.82 Å². The third-order valence-electron chi connectivity index (χ3n) is 4.54. The smallest absolute Gasteiger partial charge is 0.295 e. The highest BCUT2D eigenvalue weighted by Crippen LogP contribution is 2.24. The van der Waals surface area contributed by atoms with Crippen molar-refractivity contribution < 1.29 is 9.53 Å². The molecule has 0 unspecified atom stereocenters. The molecule has 4 rings (SSSR count). The first-order chi connectivity index (χ1) is 14.5. The summed E-state index contributed by atoms with van der Waals surface area (Å²) in [6.45, 7) is 2.02. The second-order valence-electron chi connectivity index (χ2n) is 6.70. The molecule has 1 aromatic heterocycles. The molecule has 0 aliphatic carbocycles. The Kier molecular flexibility index (Phi) is 5.63. The average Bonchev–Trinajstić information content (AvgIpc) is 3.21. The minimum atomic E-state index is -0.377. The molecule has 0 saturated carbocycles. The molecule has 0 radical (unpaired) electrons. The number of anilines is 1. The Morgan fingerprint density at radius 1 is 0.967 bits per heavy atom. The van der Waals surface area contributed by atoms with Gasteiger partial charge in [-0.3, -0.25) is 4.79 Å². The number of methoxy groups -OCH3 is 1. The van der Waals surface area contributed by atoms with Crippen molar-refractivity contribution in [1.29, 1.82) is 0 Å². The minimum absolute atomic E-state index is 0.0873. The van der Waals surface area contributed by atoms with Crippen LogP contribution in [-0.2, 0) is 0 Å². The van der Waals surface area contributed by atoms with Crippen molar-refractivity contribution in [3.05, 3.63) is 88.7 Å². The van der Waals surface area contributed by atoms with Gasteiger partial charge in [-0.25, -0.2) is 9.67 Å². The Bertz CT molecular complexity index is 1170. The summed E-state index contributed by atoms with van der Waals surface area (Å²) in [6.07, 6.45) is 0. The fraction of sp³-hybridized carbons (Fsp3) is 0.0870. The molecule has 30 heavy (non-hydrogen) atoms. The highest BCUT2D eigenvalue weighted by atomic mass is 79.9. The summed E-state index contributed by atoms with van der Waals surface area (Å²) >= 11 is 3.39. The maximum atomic E-state index is 12.8. The fourth-order valence-corrected chi connectivity index (χ4v) is 3.19. The number of rotatable bonds is 5. The molecule has 1 N–H and O–H groups in total. The van der Waals surface area contributed by atoms with Gasteiger partial charge in [0, 0.05) is 15.7 Å². The largest absolute Gasteiger partial charge is 0.497 e. The third kappa shape index (κ3) is 4.26. The number of amides is 1. The number of carbonyl (C=O) groups excluding carboxylic acids is 1. The average molecular weight is 463 g/mol. The van der Waals surface area contributed by atoms with Gasteiger partial charge in [0.25, 0.3) is 5.91 Å². The van der Waals surface area contributed by atoms with Crippen LogP contribution < -0.4 is 10.1 Å². The third-order valence-corrected chi connectivity index (χ3v) is 5.07. The van der Waals surface area contributed by atoms with E-state index in [1.807, 2.05) is 79.7 Å². The number of benzene rings is 3. The lowest BCUT2D eigenvalue weighted by atomic mass is 10.1. The molecule has 0 atom stereocenters. The lowest BCUT2D eigenvalue weighted by molar-refractivity contribution is 0.101. The zero-order valence-corrected chi connectivity index (χ0v) is 18.1. The first-order valence-electron chi connectivity index (χ1n) is 9.29. The standard InChI is InChI=1S/C23H19BrN4O2/c1-15-3-5-16(6-4-15)22-26-21(23(29)25-18-9-7-17(24)8-10-18)27-28(22)19-11-13-20(30-2)14-12-19/h3-14H,1-2H3,(H,25,29). The van der Waals surface area contributed by atoms with Gasteiger partial charge >= 0.3 is 0 Å². The summed E-state index contributed by atoms with van der Waals surface area (Å²) in [5.74, 6) is 1.03. The minimum Gasteiger partial charge on any atom is -0.497 e. The summed E-state index contributed by atoms with van der Waals surface area (Å²) < 4.78 is 7.84. The van der Waals surface area contributed by atoms with E-state index >= 15 is 0 Å². The Morgan fingerprint density at radius 3 is 2.27 bits per heavy atom. The molecule has 7 heteroatoms. The maximum absolute atomic E-state index is 12.8. The molecule has 0 spiro atoms. The quantitative estimate of drug-likeness (QED) is 0.438. The second-order valence-corrected chi connectivity index (χ2v) is 7.61. The molecular formula is C23H19BrN4O2. The van der Waals surface area contributed by atoms with Crippen molar-refractivity contribution in [3.63, 3.8) is 0 Å². The van der Waals surface area contributed by atoms with Gasteiger partial charge < -0.3 is 10.1 Å². The normalized spacial score (nSPS) is 10.6. The van der Waals surface area contributed by atoms with E-state index in [1.54, 1.807) is 11.8 Å². The molecule has 3 aromatic carbocycles. The lowest BCUT2D eigenvalue weighted by Crippen LogP contribution is -2.14. The molecule has 0 aliphatic heterocycles. The summed E-state index contributed by atoms with van der Waals surface area (Å²) in [7, 11) is 1.62. The molecule has 0 saturated heterocycles. The molecule has 6 nitrogen and oxygen atoms in total. The van der Waals surface area contributed by atoms with Crippen molar-refractivity contribution in [2.75, 3.05) is 12.4 Å². The van der Waals surface area contributed by atoms with Crippen molar-refractivity contribution in [2.24, 2.45) is 0 Å². The number of hydrogen-bond acceptors (Lipinski definition) is 4. The van der Waals surface area contributed by atoms with Crippen molar-refractivity contribution in [2.45, 2.75) is 6.92 Å². The van der Waals surface area contributed by atoms with Crippen LogP contribution in [-0.4, -0.2) is 27.8 Å². The van der Waals surface area contributed by atoms with E-state index in [0.717, 1.165) is 27.0 Å². The van der Waals surface area contributed by atoms with Gasteiger partial charge in [-0.05, 0) is 55.5 Å². The number of aromatic nitrogens is 3. The summed E-state index contributed by atoms with van der Waals surface area (Å²) in [4.78, 5) is 17.3. The van der Waals surface area contributed by atoms with Crippen LogP contribution in [0.5, 0.6) is 5.75 Å². The highest BCUT2D eigenvalue weighted by Gasteiger charge is 2.19. The second kappa shape index (κ2) is 8.51. The van der Waals surface area contributed by atoms with Gasteiger partial charge in [0.15, 0.2) is 5.82 Å². The highest BCUT2D eigenvalue weighted by molar-refractivity contribution is 9.10. The molecule has 0 bridgehead atoms. The number of ether oxygens (including phenoxy) is 1. The van der Waals surface area contributed by atoms with Crippen molar-refractivity contribution in [3.8, 4) is 22.8 Å². The van der Waals surface area contributed by atoms with Crippen LogP contribution in [0.15, 0.2) is 77.3 Å². The van der Waals surface area contributed by atoms with Crippen LogP contribution >= 0.6 is 15.9 Å². The first kappa shape index (κ1) is 19.8. The van der Waals surface area contributed by atoms with E-state index in [2.05, 4.69) is 31.3 Å². The Morgan fingerprint density at radius 2 is 1.63 bits per heavy atom. The van der Waals surface area contributed by atoms with E-state index in [4.69, 9.17) is 4.74 Å². The molecule has 1 amide bonds. The molecule has 0 fully saturated rings. The van der Waals surface area contributed by atoms with Crippen LogP contribution in [0, 0.1) is 6.92 Å². The van der Waals surface area contributed by atoms with Gasteiger partial charge in [0.1, 0.15) is 5.75 Å². The zero-order chi connectivity index (χ0) is 21.1. The Labute approximate surface area is 182 Å². The van der Waals surface area contributed by atoms with E-state index in [0.29, 0.717) is 11.5 Å². The van der Waals surface area contributed by atoms with Gasteiger partial charge in [0.05, 0.1) is 12.8 Å². The molecule has 0 aliphatic rings. The molecule has 4 aromatic rings. The monoisotopic (exact) mass is 462 g/mol. The maximum Gasteiger partial charge on any atom is 0.295 e. The number of carbonyl (C=O) groups is 1. The van der Waals surface area contributed by atoms with Crippen LogP contribution in [0.25, 0.3) is 17.1 Å². The summed E-state index contributed by atoms with van der Waals surface area (Å²) in [6, 6.07) is 22.7. The number of halogens is 1.